The molecule has 0 aliphatic rings. The van der Waals surface area contributed by atoms with Gasteiger partial charge in [0.2, 0.25) is 5.69 Å². The minimum atomic E-state index is -4.87. The van der Waals surface area contributed by atoms with Crippen LogP contribution in [-0.2, 0) is 6.18 Å². The summed E-state index contributed by atoms with van der Waals surface area (Å²) in [7, 11) is 1.17. The Hall–Kier alpha value is -2.12. The Bertz CT molecular complexity index is 663. The van der Waals surface area contributed by atoms with E-state index < -0.39 is 23.2 Å². The number of alkyl halides is 3. The third-order valence-corrected chi connectivity index (χ3v) is 2.23. The molecule has 0 radical (unpaired) electrons. The molecular formula is C10H6F4N2O2. The average Bonchev–Trinajstić information content (AvgIpc) is 2.26. The number of benzene rings is 1. The number of fused-ring (bicyclic) bond motifs is 1. The second-order valence-electron chi connectivity index (χ2n) is 3.42. The molecule has 1 N–H and O–H groups in total. The maximum atomic E-state index is 13.3. The first-order valence-corrected chi connectivity index (χ1v) is 4.67. The molecule has 0 aliphatic carbocycles. The maximum Gasteiger partial charge on any atom is 0.438 e. The molecule has 4 nitrogen and oxygen atoms in total. The Labute approximate surface area is 97.2 Å². The van der Waals surface area contributed by atoms with E-state index in [0.29, 0.717) is 0 Å². The number of methoxy groups -OCH3 is 1. The van der Waals surface area contributed by atoms with E-state index in [1.807, 2.05) is 4.98 Å². The van der Waals surface area contributed by atoms with Gasteiger partial charge in [-0.15, -0.1) is 0 Å². The largest absolute Gasteiger partial charge is 0.494 e. The van der Waals surface area contributed by atoms with Gasteiger partial charge in [-0.25, -0.2) is 9.37 Å². The zero-order chi connectivity index (χ0) is 13.5. The molecule has 0 atom stereocenters. The molecule has 2 rings (SSSR count). The second kappa shape index (κ2) is 3.97. The molecule has 0 bridgehead atoms. The molecule has 1 heterocycles. The fourth-order valence-corrected chi connectivity index (χ4v) is 1.44. The van der Waals surface area contributed by atoms with Crippen molar-refractivity contribution in [3.05, 3.63) is 34.0 Å². The third-order valence-electron chi connectivity index (χ3n) is 2.23. The number of hydrogen-bond donors (Lipinski definition) is 1. The van der Waals surface area contributed by atoms with E-state index in [1.165, 1.54) is 7.11 Å². The highest BCUT2D eigenvalue weighted by Crippen LogP contribution is 2.27. The molecule has 96 valence electrons. The van der Waals surface area contributed by atoms with Gasteiger partial charge in [-0.2, -0.15) is 13.2 Å². The normalized spacial score (nSPS) is 11.8. The van der Waals surface area contributed by atoms with Gasteiger partial charge >= 0.3 is 6.18 Å². The lowest BCUT2D eigenvalue weighted by molar-refractivity contribution is -0.142. The van der Waals surface area contributed by atoms with Crippen LogP contribution < -0.4 is 10.3 Å². The van der Waals surface area contributed by atoms with Crippen LogP contribution in [-0.4, -0.2) is 17.1 Å². The summed E-state index contributed by atoms with van der Waals surface area (Å²) >= 11 is 0. The molecular weight excluding hydrogens is 256 g/mol. The van der Waals surface area contributed by atoms with Gasteiger partial charge in [0.1, 0.15) is 0 Å². The number of halogens is 4. The first-order valence-electron chi connectivity index (χ1n) is 4.67. The van der Waals surface area contributed by atoms with Crippen LogP contribution >= 0.6 is 0 Å². The number of H-pyrrole nitrogens is 1. The van der Waals surface area contributed by atoms with Crippen molar-refractivity contribution in [2.24, 2.45) is 0 Å². The summed E-state index contributed by atoms with van der Waals surface area (Å²) in [6.07, 6.45) is -4.87. The van der Waals surface area contributed by atoms with Crippen molar-refractivity contribution in [1.29, 1.82) is 0 Å². The summed E-state index contributed by atoms with van der Waals surface area (Å²) in [5.41, 5.74) is -3.34. The zero-order valence-electron chi connectivity index (χ0n) is 8.93. The maximum absolute atomic E-state index is 13.3. The second-order valence-corrected chi connectivity index (χ2v) is 3.42. The number of nitrogens with zero attached hydrogens (tertiary/aromatic N) is 1. The fourth-order valence-electron chi connectivity index (χ4n) is 1.44. The average molecular weight is 262 g/mol. The topological polar surface area (TPSA) is 55.0 Å². The molecule has 8 heteroatoms. The summed E-state index contributed by atoms with van der Waals surface area (Å²) in [4.78, 5) is 16.3. The molecule has 0 saturated heterocycles. The number of hydrogen-bond acceptors (Lipinski definition) is 3. The molecule has 2 aromatic rings. The lowest BCUT2D eigenvalue weighted by atomic mass is 10.2. The predicted octanol–water partition coefficient (Wildman–Crippen LogP) is 2.09. The van der Waals surface area contributed by atoms with Crippen molar-refractivity contribution in [3.63, 3.8) is 0 Å². The van der Waals surface area contributed by atoms with E-state index in [2.05, 4.69) is 9.72 Å². The van der Waals surface area contributed by atoms with Crippen LogP contribution in [0.15, 0.2) is 16.9 Å². The lowest BCUT2D eigenvalue weighted by Gasteiger charge is -2.07. The van der Waals surface area contributed by atoms with E-state index in [1.54, 1.807) is 0 Å². The van der Waals surface area contributed by atoms with Crippen LogP contribution in [0, 0.1) is 5.82 Å². The highest BCUT2D eigenvalue weighted by atomic mass is 19.4. The van der Waals surface area contributed by atoms with E-state index >= 15 is 0 Å². The summed E-state index contributed by atoms with van der Waals surface area (Å²) in [6, 6.07) is 1.83. The first-order chi connectivity index (χ1) is 8.32. The fraction of sp³-hybridized carbons (Fsp3) is 0.200. The summed E-state index contributed by atoms with van der Waals surface area (Å²) in [6.45, 7) is 0. The Morgan fingerprint density at radius 2 is 2.00 bits per heavy atom. The van der Waals surface area contributed by atoms with Crippen LogP contribution in [0.5, 0.6) is 5.75 Å². The van der Waals surface area contributed by atoms with Crippen molar-refractivity contribution in [2.45, 2.75) is 6.18 Å². The number of aromatic amines is 1. The summed E-state index contributed by atoms with van der Waals surface area (Å²) in [5.74, 6) is -1.06. The lowest BCUT2D eigenvalue weighted by Crippen LogP contribution is -2.23. The van der Waals surface area contributed by atoms with Crippen LogP contribution in [0.1, 0.15) is 5.69 Å². The Morgan fingerprint density at radius 1 is 1.33 bits per heavy atom. The van der Waals surface area contributed by atoms with Crippen molar-refractivity contribution in [1.82, 2.24) is 9.97 Å². The van der Waals surface area contributed by atoms with E-state index in [0.717, 1.165) is 12.1 Å². The van der Waals surface area contributed by atoms with Gasteiger partial charge in [0, 0.05) is 12.1 Å². The molecule has 0 amide bonds. The van der Waals surface area contributed by atoms with Gasteiger partial charge in [0.05, 0.1) is 18.1 Å². The van der Waals surface area contributed by atoms with Gasteiger partial charge < -0.3 is 9.72 Å². The summed E-state index contributed by atoms with van der Waals surface area (Å²) < 4.78 is 55.3. The molecule has 0 spiro atoms. The number of ether oxygens (including phenoxy) is 1. The Balaban J connectivity index is 2.78. The van der Waals surface area contributed by atoms with E-state index in [-0.39, 0.29) is 16.8 Å². The summed E-state index contributed by atoms with van der Waals surface area (Å²) in [5, 5.41) is 0. The zero-order valence-corrected chi connectivity index (χ0v) is 8.93. The smallest absolute Gasteiger partial charge is 0.438 e. The minimum absolute atomic E-state index is 0.133. The van der Waals surface area contributed by atoms with Crippen LogP contribution in [0.2, 0.25) is 0 Å². The van der Waals surface area contributed by atoms with Crippen LogP contribution in [0.3, 0.4) is 0 Å². The molecule has 1 aromatic carbocycles. The molecule has 0 unspecified atom stereocenters. The van der Waals surface area contributed by atoms with Crippen molar-refractivity contribution >= 4 is 11.0 Å². The van der Waals surface area contributed by atoms with Crippen molar-refractivity contribution < 1.29 is 22.3 Å². The number of aromatic nitrogens is 2. The predicted molar refractivity (Wildman–Crippen MR) is 53.9 cm³/mol. The molecule has 0 saturated carbocycles. The number of rotatable bonds is 1. The van der Waals surface area contributed by atoms with E-state index in [4.69, 9.17) is 0 Å². The highest BCUT2D eigenvalue weighted by molar-refractivity contribution is 5.76. The Kier molecular flexibility index (Phi) is 2.72. The molecule has 0 fully saturated rings. The molecule has 1 aromatic heterocycles. The first kappa shape index (κ1) is 12.3. The molecule has 0 aliphatic heterocycles. The van der Waals surface area contributed by atoms with Gasteiger partial charge in [0.15, 0.2) is 11.6 Å². The number of nitrogens with one attached hydrogen (secondary N) is 1. The Morgan fingerprint density at radius 3 is 2.56 bits per heavy atom. The van der Waals surface area contributed by atoms with Gasteiger partial charge in [-0.05, 0) is 0 Å². The SMILES string of the molecule is COc1cc2nc(C(F)(F)F)c(=O)[nH]c2cc1F. The quantitative estimate of drug-likeness (QED) is 0.800. The third kappa shape index (κ3) is 2.01. The van der Waals surface area contributed by atoms with Gasteiger partial charge in [-0.3, -0.25) is 4.79 Å². The van der Waals surface area contributed by atoms with Crippen LogP contribution in [0.4, 0.5) is 17.6 Å². The minimum Gasteiger partial charge on any atom is -0.494 e. The van der Waals surface area contributed by atoms with Crippen molar-refractivity contribution in [3.8, 4) is 5.75 Å². The van der Waals surface area contributed by atoms with Crippen LogP contribution in [0.25, 0.3) is 11.0 Å². The van der Waals surface area contributed by atoms with Gasteiger partial charge in [-0.1, -0.05) is 0 Å². The monoisotopic (exact) mass is 262 g/mol. The van der Waals surface area contributed by atoms with Crippen molar-refractivity contribution in [2.75, 3.05) is 7.11 Å². The highest BCUT2D eigenvalue weighted by Gasteiger charge is 2.36. The van der Waals surface area contributed by atoms with Gasteiger partial charge in [0.25, 0.3) is 5.56 Å². The standard InChI is InChI=1S/C10H6F4N2O2/c1-18-7-3-6-5(2-4(7)11)16-9(17)8(15-6)10(12,13)14/h2-3H,1H3,(H,16,17). The van der Waals surface area contributed by atoms with E-state index in [9.17, 15) is 22.4 Å². The molecule has 18 heavy (non-hydrogen) atoms.